The van der Waals surface area contributed by atoms with Gasteiger partial charge in [0.15, 0.2) is 11.5 Å². The van der Waals surface area contributed by atoms with E-state index in [9.17, 15) is 14.4 Å². The van der Waals surface area contributed by atoms with Crippen LogP contribution < -0.4 is 20.1 Å². The number of carbonyl (C=O) groups excluding carboxylic acids is 3. The molecule has 2 heterocycles. The molecule has 0 spiro atoms. The van der Waals surface area contributed by atoms with Crippen molar-refractivity contribution in [3.63, 3.8) is 0 Å². The summed E-state index contributed by atoms with van der Waals surface area (Å²) in [6, 6.07) is 11.1. The van der Waals surface area contributed by atoms with Gasteiger partial charge < -0.3 is 20.1 Å². The van der Waals surface area contributed by atoms with Crippen LogP contribution in [0.1, 0.15) is 31.0 Å². The summed E-state index contributed by atoms with van der Waals surface area (Å²) in [6.07, 6.45) is 0. The third kappa shape index (κ3) is 4.03. The normalized spacial score (nSPS) is 20.9. The molecule has 8 nitrogen and oxygen atoms in total. The number of carbonyl (C=O) groups is 3. The van der Waals surface area contributed by atoms with Crippen molar-refractivity contribution in [2.24, 2.45) is 0 Å². The smallest absolute Gasteiger partial charge is 0.325 e. The predicted molar refractivity (Wildman–Crippen MR) is 113 cm³/mol. The van der Waals surface area contributed by atoms with Gasteiger partial charge in [0.05, 0.1) is 6.04 Å². The first-order valence-corrected chi connectivity index (χ1v) is 10.2. The van der Waals surface area contributed by atoms with Gasteiger partial charge in [-0.3, -0.25) is 14.5 Å². The van der Waals surface area contributed by atoms with E-state index < -0.39 is 23.4 Å². The van der Waals surface area contributed by atoms with E-state index in [-0.39, 0.29) is 12.6 Å². The number of rotatable bonds is 5. The van der Waals surface area contributed by atoms with Gasteiger partial charge in [0, 0.05) is 5.02 Å². The van der Waals surface area contributed by atoms with Crippen molar-refractivity contribution in [1.29, 1.82) is 0 Å². The first-order chi connectivity index (χ1) is 14.8. The van der Waals surface area contributed by atoms with E-state index in [2.05, 4.69) is 10.6 Å². The van der Waals surface area contributed by atoms with Crippen LogP contribution in [0.25, 0.3) is 0 Å². The zero-order valence-corrected chi connectivity index (χ0v) is 17.9. The molecule has 0 saturated carbocycles. The van der Waals surface area contributed by atoms with E-state index in [1.165, 1.54) is 0 Å². The quantitative estimate of drug-likeness (QED) is 0.692. The van der Waals surface area contributed by atoms with Crippen LogP contribution >= 0.6 is 11.6 Å². The zero-order valence-electron chi connectivity index (χ0n) is 17.1. The minimum Gasteiger partial charge on any atom is -0.486 e. The van der Waals surface area contributed by atoms with E-state index in [0.717, 1.165) is 10.5 Å². The van der Waals surface area contributed by atoms with Crippen molar-refractivity contribution >= 4 is 29.4 Å². The molecule has 0 aliphatic carbocycles. The average molecular weight is 444 g/mol. The van der Waals surface area contributed by atoms with E-state index in [0.29, 0.717) is 35.3 Å². The summed E-state index contributed by atoms with van der Waals surface area (Å²) >= 11 is 5.91. The summed E-state index contributed by atoms with van der Waals surface area (Å²) in [4.78, 5) is 38.9. The molecule has 4 amide bonds. The summed E-state index contributed by atoms with van der Waals surface area (Å²) < 4.78 is 11.1. The second-order valence-corrected chi connectivity index (χ2v) is 8.08. The van der Waals surface area contributed by atoms with Gasteiger partial charge in [-0.15, -0.1) is 0 Å². The molecular weight excluding hydrogens is 422 g/mol. The molecule has 0 radical (unpaired) electrons. The van der Waals surface area contributed by atoms with Crippen molar-refractivity contribution < 1.29 is 23.9 Å². The molecule has 9 heteroatoms. The van der Waals surface area contributed by atoms with Gasteiger partial charge in [-0.2, -0.15) is 0 Å². The van der Waals surface area contributed by atoms with E-state index in [1.807, 2.05) is 19.1 Å². The second kappa shape index (κ2) is 8.11. The lowest BCUT2D eigenvalue weighted by Crippen LogP contribution is -2.43. The molecule has 2 aromatic rings. The Hall–Kier alpha value is -3.26. The summed E-state index contributed by atoms with van der Waals surface area (Å²) in [5, 5.41) is 6.02. The maximum atomic E-state index is 13.0. The molecular formula is C22H22ClN3O5. The van der Waals surface area contributed by atoms with Gasteiger partial charge in [-0.05, 0) is 49.2 Å². The molecule has 162 valence electrons. The fourth-order valence-corrected chi connectivity index (χ4v) is 3.79. The van der Waals surface area contributed by atoms with Crippen molar-refractivity contribution in [1.82, 2.24) is 15.5 Å². The summed E-state index contributed by atoms with van der Waals surface area (Å²) in [6.45, 7) is 4.00. The molecule has 2 aliphatic heterocycles. The number of hydrogen-bond donors (Lipinski definition) is 2. The van der Waals surface area contributed by atoms with E-state index in [4.69, 9.17) is 21.1 Å². The third-order valence-corrected chi connectivity index (χ3v) is 5.69. The molecule has 2 aliphatic rings. The van der Waals surface area contributed by atoms with Crippen molar-refractivity contribution in [3.05, 3.63) is 58.6 Å². The summed E-state index contributed by atoms with van der Waals surface area (Å²) in [5.41, 5.74) is 0.146. The van der Waals surface area contributed by atoms with Crippen molar-refractivity contribution in [2.75, 3.05) is 19.8 Å². The summed E-state index contributed by atoms with van der Waals surface area (Å²) in [7, 11) is 0. The number of amides is 4. The van der Waals surface area contributed by atoms with Crippen LogP contribution in [0.4, 0.5) is 4.79 Å². The van der Waals surface area contributed by atoms with Gasteiger partial charge in [0.25, 0.3) is 5.91 Å². The zero-order chi connectivity index (χ0) is 22.2. The number of fused-ring (bicyclic) bond motifs is 1. The number of urea groups is 1. The Morgan fingerprint density at radius 1 is 1.16 bits per heavy atom. The fourth-order valence-electron chi connectivity index (χ4n) is 3.66. The van der Waals surface area contributed by atoms with Gasteiger partial charge in [0.1, 0.15) is 25.3 Å². The molecule has 2 unspecified atom stereocenters. The number of benzene rings is 2. The third-order valence-electron chi connectivity index (χ3n) is 5.44. The first-order valence-electron chi connectivity index (χ1n) is 9.87. The minimum atomic E-state index is -1.26. The maximum Gasteiger partial charge on any atom is 0.325 e. The Bertz CT molecular complexity index is 1040. The number of hydrogen-bond acceptors (Lipinski definition) is 5. The Kier molecular flexibility index (Phi) is 5.49. The fraction of sp³-hybridized carbons (Fsp3) is 0.318. The number of ether oxygens (including phenoxy) is 2. The second-order valence-electron chi connectivity index (χ2n) is 7.65. The van der Waals surface area contributed by atoms with Crippen LogP contribution in [0, 0.1) is 0 Å². The Morgan fingerprint density at radius 2 is 1.84 bits per heavy atom. The van der Waals surface area contributed by atoms with Gasteiger partial charge >= 0.3 is 6.03 Å². The Morgan fingerprint density at radius 3 is 2.55 bits per heavy atom. The number of imide groups is 1. The highest BCUT2D eigenvalue weighted by Gasteiger charge is 2.49. The van der Waals surface area contributed by atoms with Crippen LogP contribution in [0.2, 0.25) is 5.02 Å². The van der Waals surface area contributed by atoms with Crippen LogP contribution in [0.15, 0.2) is 42.5 Å². The Balaban J connectivity index is 1.43. The van der Waals surface area contributed by atoms with Crippen LogP contribution in [0.5, 0.6) is 11.5 Å². The highest BCUT2D eigenvalue weighted by molar-refractivity contribution is 6.30. The molecule has 31 heavy (non-hydrogen) atoms. The SMILES string of the molecule is CC(NC(=O)CN1C(=O)NC(C)(c2ccc(Cl)cc2)C1=O)c1ccc2c(c1)OCCO2. The molecule has 2 atom stereocenters. The number of nitrogens with one attached hydrogen (secondary N) is 2. The van der Waals surface area contributed by atoms with Crippen molar-refractivity contribution in [3.8, 4) is 11.5 Å². The first kappa shape index (κ1) is 21.0. The van der Waals surface area contributed by atoms with Crippen LogP contribution in [-0.4, -0.2) is 42.5 Å². The Labute approximate surface area is 184 Å². The topological polar surface area (TPSA) is 97.0 Å². The van der Waals surface area contributed by atoms with E-state index in [1.54, 1.807) is 37.3 Å². The lowest BCUT2D eigenvalue weighted by Gasteiger charge is -2.23. The average Bonchev–Trinajstić information content (AvgIpc) is 2.97. The van der Waals surface area contributed by atoms with Crippen molar-refractivity contribution in [2.45, 2.75) is 25.4 Å². The summed E-state index contributed by atoms with van der Waals surface area (Å²) in [5.74, 6) is 0.334. The van der Waals surface area contributed by atoms with Crippen LogP contribution in [-0.2, 0) is 15.1 Å². The van der Waals surface area contributed by atoms with Gasteiger partial charge in [-0.1, -0.05) is 29.8 Å². The monoisotopic (exact) mass is 443 g/mol. The molecule has 1 saturated heterocycles. The highest BCUT2D eigenvalue weighted by atomic mass is 35.5. The largest absolute Gasteiger partial charge is 0.486 e. The molecule has 0 bridgehead atoms. The lowest BCUT2D eigenvalue weighted by molar-refractivity contribution is -0.135. The minimum absolute atomic E-state index is 0.355. The highest BCUT2D eigenvalue weighted by Crippen LogP contribution is 2.33. The molecule has 1 fully saturated rings. The molecule has 2 aromatic carbocycles. The van der Waals surface area contributed by atoms with Crippen LogP contribution in [0.3, 0.4) is 0 Å². The molecule has 4 rings (SSSR count). The standard InChI is InChI=1S/C22H22ClN3O5/c1-13(14-3-8-17-18(11-14)31-10-9-30-17)24-19(27)12-26-20(28)22(2,25-21(26)29)15-4-6-16(23)7-5-15/h3-8,11,13H,9-10,12H2,1-2H3,(H,24,27)(H,25,29). The predicted octanol–water partition coefficient (Wildman–Crippen LogP) is 2.76. The van der Waals surface area contributed by atoms with E-state index >= 15 is 0 Å². The lowest BCUT2D eigenvalue weighted by atomic mass is 9.92. The van der Waals surface area contributed by atoms with Gasteiger partial charge in [0.2, 0.25) is 5.91 Å². The molecule has 0 aromatic heterocycles. The number of nitrogens with zero attached hydrogens (tertiary/aromatic N) is 1. The maximum absolute atomic E-state index is 13.0. The molecule has 2 N–H and O–H groups in total. The number of halogens is 1. The van der Waals surface area contributed by atoms with Gasteiger partial charge in [-0.25, -0.2) is 4.79 Å².